The van der Waals surface area contributed by atoms with Crippen molar-refractivity contribution in [2.45, 2.75) is 18.1 Å². The summed E-state index contributed by atoms with van der Waals surface area (Å²) in [6.07, 6.45) is 5.10. The smallest absolute Gasteiger partial charge is 0.0889 e. The quantitative estimate of drug-likeness (QED) is 0.547. The van der Waals surface area contributed by atoms with Crippen LogP contribution in [0.5, 0.6) is 0 Å². The van der Waals surface area contributed by atoms with Crippen molar-refractivity contribution in [2.75, 3.05) is 26.4 Å². The highest BCUT2D eigenvalue weighted by molar-refractivity contribution is 7.99. The first-order valence-electron chi connectivity index (χ1n) is 3.67. The van der Waals surface area contributed by atoms with Gasteiger partial charge in [0.2, 0.25) is 0 Å². The lowest BCUT2D eigenvalue weighted by Gasteiger charge is -2.25. The highest BCUT2D eigenvalue weighted by atomic mass is 32.2. The van der Waals surface area contributed by atoms with Gasteiger partial charge >= 0.3 is 0 Å². The topological polar surface area (TPSA) is 4.44 Å². The van der Waals surface area contributed by atoms with Gasteiger partial charge in [-0.25, -0.2) is 0 Å². The largest absolute Gasteiger partial charge is 0.336 e. The molecular formula is C7H16NS+. The van der Waals surface area contributed by atoms with Crippen LogP contribution in [0.2, 0.25) is 0 Å². The molecule has 54 valence electrons. The number of piperidine rings is 1. The van der Waals surface area contributed by atoms with Crippen molar-refractivity contribution in [2.24, 2.45) is 0 Å². The summed E-state index contributed by atoms with van der Waals surface area (Å²) in [6, 6.07) is 0. The lowest BCUT2D eigenvalue weighted by molar-refractivity contribution is -0.883. The van der Waals surface area contributed by atoms with E-state index in [2.05, 4.69) is 13.3 Å². The zero-order valence-electron chi connectivity index (χ0n) is 6.31. The maximum Gasteiger partial charge on any atom is 0.0889 e. The summed E-state index contributed by atoms with van der Waals surface area (Å²) in [7, 11) is 2.29. The van der Waals surface area contributed by atoms with E-state index in [1.165, 1.54) is 25.9 Å². The third-order valence-electron chi connectivity index (χ3n) is 2.04. The van der Waals surface area contributed by atoms with Crippen LogP contribution in [0.15, 0.2) is 0 Å². The summed E-state index contributed by atoms with van der Waals surface area (Å²) in [4.78, 5) is 1.71. The average molecular weight is 146 g/mol. The fourth-order valence-electron chi connectivity index (χ4n) is 1.43. The van der Waals surface area contributed by atoms with Crippen molar-refractivity contribution >= 4 is 11.8 Å². The zero-order chi connectivity index (χ0) is 6.69. The summed E-state index contributed by atoms with van der Waals surface area (Å²) in [5.41, 5.74) is 0. The molecule has 1 heterocycles. The number of thioether (sulfide) groups is 1. The van der Waals surface area contributed by atoms with Crippen LogP contribution >= 0.6 is 11.8 Å². The van der Waals surface area contributed by atoms with Gasteiger partial charge in [0.15, 0.2) is 0 Å². The monoisotopic (exact) mass is 146 g/mol. The summed E-state index contributed by atoms with van der Waals surface area (Å²) in [5, 5.41) is 0.943. The van der Waals surface area contributed by atoms with E-state index in [1.807, 2.05) is 11.8 Å². The SMILES string of the molecule is CSC1CCC[NH+](C)C1. The first-order valence-corrected chi connectivity index (χ1v) is 4.96. The number of nitrogens with one attached hydrogen (secondary N) is 1. The number of likely N-dealkylation sites (tertiary alicyclic amines) is 1. The van der Waals surface area contributed by atoms with Crippen LogP contribution in [0.25, 0.3) is 0 Å². The van der Waals surface area contributed by atoms with Crippen molar-refractivity contribution in [3.05, 3.63) is 0 Å². The molecule has 0 radical (unpaired) electrons. The van der Waals surface area contributed by atoms with E-state index in [-0.39, 0.29) is 0 Å². The molecule has 0 saturated carbocycles. The average Bonchev–Trinajstić information content (AvgIpc) is 1.88. The van der Waals surface area contributed by atoms with Crippen LogP contribution in [0.4, 0.5) is 0 Å². The van der Waals surface area contributed by atoms with Gasteiger partial charge in [0.25, 0.3) is 0 Å². The molecule has 1 rings (SSSR count). The van der Waals surface area contributed by atoms with Gasteiger partial charge in [-0.3, -0.25) is 0 Å². The van der Waals surface area contributed by atoms with E-state index in [1.54, 1.807) is 4.90 Å². The highest BCUT2D eigenvalue weighted by Crippen LogP contribution is 2.12. The molecule has 2 heteroatoms. The Morgan fingerprint density at radius 2 is 2.33 bits per heavy atom. The predicted octanol–water partition coefficient (Wildman–Crippen LogP) is 0.0265. The second-order valence-corrected chi connectivity index (χ2v) is 4.05. The first kappa shape index (κ1) is 7.42. The minimum atomic E-state index is 0.943. The van der Waals surface area contributed by atoms with Crippen LogP contribution in [0.3, 0.4) is 0 Å². The number of hydrogen-bond acceptors (Lipinski definition) is 1. The lowest BCUT2D eigenvalue weighted by atomic mass is 10.1. The summed E-state index contributed by atoms with van der Waals surface area (Å²) >= 11 is 2.03. The second-order valence-electron chi connectivity index (χ2n) is 2.91. The Hall–Kier alpha value is 0.310. The molecule has 1 aliphatic rings. The van der Waals surface area contributed by atoms with Crippen molar-refractivity contribution in [1.82, 2.24) is 0 Å². The van der Waals surface area contributed by atoms with Crippen LogP contribution < -0.4 is 4.90 Å². The van der Waals surface area contributed by atoms with Crippen LogP contribution in [0, 0.1) is 0 Å². The van der Waals surface area contributed by atoms with Gasteiger partial charge in [0, 0.05) is 0 Å². The molecule has 1 aliphatic heterocycles. The van der Waals surface area contributed by atoms with Gasteiger partial charge in [-0.1, -0.05) is 0 Å². The zero-order valence-corrected chi connectivity index (χ0v) is 7.13. The Balaban J connectivity index is 2.23. The normalized spacial score (nSPS) is 36.7. The minimum absolute atomic E-state index is 0.943. The van der Waals surface area contributed by atoms with Crippen LogP contribution in [-0.4, -0.2) is 31.6 Å². The van der Waals surface area contributed by atoms with Gasteiger partial charge in [0.1, 0.15) is 0 Å². The van der Waals surface area contributed by atoms with E-state index in [4.69, 9.17) is 0 Å². The Morgan fingerprint density at radius 1 is 1.56 bits per heavy atom. The maximum atomic E-state index is 2.29. The molecule has 0 amide bonds. The van der Waals surface area contributed by atoms with E-state index in [0.29, 0.717) is 0 Å². The molecule has 0 aromatic heterocycles. The maximum absolute atomic E-state index is 2.29. The molecule has 0 aliphatic carbocycles. The van der Waals surface area contributed by atoms with Gasteiger partial charge in [-0.05, 0) is 19.1 Å². The minimum Gasteiger partial charge on any atom is -0.336 e. The van der Waals surface area contributed by atoms with E-state index in [9.17, 15) is 0 Å². The number of quaternary nitrogens is 1. The van der Waals surface area contributed by atoms with Crippen LogP contribution in [0.1, 0.15) is 12.8 Å². The molecule has 0 spiro atoms. The fraction of sp³-hybridized carbons (Fsp3) is 1.00. The Morgan fingerprint density at radius 3 is 2.78 bits per heavy atom. The molecule has 2 unspecified atom stereocenters. The molecule has 1 saturated heterocycles. The molecular weight excluding hydrogens is 130 g/mol. The molecule has 1 fully saturated rings. The van der Waals surface area contributed by atoms with Gasteiger partial charge < -0.3 is 4.90 Å². The number of hydrogen-bond donors (Lipinski definition) is 1. The molecule has 1 nitrogen and oxygen atoms in total. The first-order chi connectivity index (χ1) is 4.33. The molecule has 1 N–H and O–H groups in total. The van der Waals surface area contributed by atoms with Crippen molar-refractivity contribution in [1.29, 1.82) is 0 Å². The number of rotatable bonds is 1. The summed E-state index contributed by atoms with van der Waals surface area (Å²) in [5.74, 6) is 0. The fourth-order valence-corrected chi connectivity index (χ4v) is 2.28. The van der Waals surface area contributed by atoms with Crippen molar-refractivity contribution in [3.8, 4) is 0 Å². The Labute approximate surface area is 61.8 Å². The molecule has 0 aromatic rings. The van der Waals surface area contributed by atoms with E-state index in [0.717, 1.165) is 5.25 Å². The van der Waals surface area contributed by atoms with E-state index < -0.39 is 0 Å². The summed E-state index contributed by atoms with van der Waals surface area (Å²) in [6.45, 7) is 2.76. The van der Waals surface area contributed by atoms with Crippen LogP contribution in [-0.2, 0) is 0 Å². The predicted molar refractivity (Wildman–Crippen MR) is 43.2 cm³/mol. The molecule has 9 heavy (non-hydrogen) atoms. The van der Waals surface area contributed by atoms with Gasteiger partial charge in [-0.15, -0.1) is 0 Å². The van der Waals surface area contributed by atoms with Gasteiger partial charge in [0.05, 0.1) is 25.4 Å². The summed E-state index contributed by atoms with van der Waals surface area (Å²) < 4.78 is 0. The van der Waals surface area contributed by atoms with E-state index >= 15 is 0 Å². The van der Waals surface area contributed by atoms with Gasteiger partial charge in [-0.2, -0.15) is 11.8 Å². The second kappa shape index (κ2) is 3.47. The Bertz CT molecular complexity index is 85.0. The third-order valence-corrected chi connectivity index (χ3v) is 3.11. The molecule has 0 aromatic carbocycles. The highest BCUT2D eigenvalue weighted by Gasteiger charge is 2.18. The lowest BCUT2D eigenvalue weighted by Crippen LogP contribution is -3.11. The Kier molecular flexibility index (Phi) is 2.86. The molecule has 0 bridgehead atoms. The third kappa shape index (κ3) is 2.18. The van der Waals surface area contributed by atoms with Crippen molar-refractivity contribution < 1.29 is 4.90 Å². The van der Waals surface area contributed by atoms with Crippen molar-refractivity contribution in [3.63, 3.8) is 0 Å². The standard InChI is InChI=1S/C7H15NS/c1-8-5-3-4-7(6-8)9-2/h7H,3-6H2,1-2H3/p+1. The molecule has 2 atom stereocenters.